The summed E-state index contributed by atoms with van der Waals surface area (Å²) in [6, 6.07) is 4.82. The molecule has 30 heavy (non-hydrogen) atoms. The Morgan fingerprint density at radius 1 is 1.20 bits per heavy atom. The molecule has 162 valence electrons. The van der Waals surface area contributed by atoms with Gasteiger partial charge in [0.05, 0.1) is 29.6 Å². The van der Waals surface area contributed by atoms with Crippen LogP contribution < -0.4 is 20.9 Å². The molecule has 3 aliphatic heterocycles. The molecule has 0 bridgehead atoms. The molecule has 4 rings (SSSR count). The molecule has 0 saturated carbocycles. The first-order chi connectivity index (χ1) is 14.4. The molecule has 1 aromatic rings. The summed E-state index contributed by atoms with van der Waals surface area (Å²) in [5.74, 6) is -0.326. The molecule has 0 aliphatic carbocycles. The predicted octanol–water partition coefficient (Wildman–Crippen LogP) is 2.02. The van der Waals surface area contributed by atoms with Crippen LogP contribution in [0.5, 0.6) is 0 Å². The molecule has 10 heteroatoms. The van der Waals surface area contributed by atoms with Crippen molar-refractivity contribution < 1.29 is 19.1 Å². The number of nitrogens with zero attached hydrogens (tertiary/aromatic N) is 2. The monoisotopic (exact) mass is 435 g/mol. The van der Waals surface area contributed by atoms with Gasteiger partial charge in [-0.05, 0) is 37.8 Å². The summed E-state index contributed by atoms with van der Waals surface area (Å²) in [5.41, 5.74) is 0.560. The third kappa shape index (κ3) is 3.91. The van der Waals surface area contributed by atoms with E-state index in [4.69, 9.17) is 16.3 Å². The first-order valence-corrected chi connectivity index (χ1v) is 10.6. The van der Waals surface area contributed by atoms with Gasteiger partial charge in [-0.2, -0.15) is 0 Å². The lowest BCUT2D eigenvalue weighted by Gasteiger charge is -2.38. The van der Waals surface area contributed by atoms with Crippen LogP contribution in [0, 0.1) is 5.92 Å². The fourth-order valence-corrected chi connectivity index (χ4v) is 4.72. The molecule has 5 amide bonds. The number of piperidine rings is 1. The number of amides is 5. The number of halogens is 1. The Kier molecular flexibility index (Phi) is 5.75. The molecular weight excluding hydrogens is 410 g/mol. The number of hydrogen-bond donors (Lipinski definition) is 3. The SMILES string of the molecule is C[C@]1(C2CCN(C(=O)Nc3cccc(Cl)c3N3CCOCC3)CC2)NC(=O)NC1=O. The minimum absolute atomic E-state index is 0.0249. The van der Waals surface area contributed by atoms with Gasteiger partial charge in [-0.1, -0.05) is 17.7 Å². The van der Waals surface area contributed by atoms with Crippen LogP contribution in [-0.2, 0) is 9.53 Å². The number of carbonyl (C=O) groups excluding carboxylic acids is 3. The zero-order chi connectivity index (χ0) is 21.3. The van der Waals surface area contributed by atoms with Crippen LogP contribution in [0.1, 0.15) is 19.8 Å². The highest BCUT2D eigenvalue weighted by Gasteiger charge is 2.48. The highest BCUT2D eigenvalue weighted by molar-refractivity contribution is 6.34. The molecule has 1 atom stereocenters. The molecule has 0 spiro atoms. The number of morpholine rings is 1. The van der Waals surface area contributed by atoms with Gasteiger partial charge >= 0.3 is 12.1 Å². The van der Waals surface area contributed by atoms with Gasteiger partial charge < -0.3 is 25.2 Å². The topological polar surface area (TPSA) is 103 Å². The lowest BCUT2D eigenvalue weighted by Crippen LogP contribution is -2.54. The normalized spacial score (nSPS) is 25.1. The number of rotatable bonds is 3. The first kappa shape index (κ1) is 20.7. The van der Waals surface area contributed by atoms with Crippen molar-refractivity contribution in [3.8, 4) is 0 Å². The summed E-state index contributed by atoms with van der Waals surface area (Å²) >= 11 is 6.44. The van der Waals surface area contributed by atoms with E-state index < -0.39 is 11.6 Å². The Morgan fingerprint density at radius 3 is 2.53 bits per heavy atom. The van der Waals surface area contributed by atoms with Crippen molar-refractivity contribution in [2.24, 2.45) is 5.92 Å². The highest BCUT2D eigenvalue weighted by atomic mass is 35.5. The Morgan fingerprint density at radius 2 is 1.90 bits per heavy atom. The van der Waals surface area contributed by atoms with Gasteiger partial charge in [-0.3, -0.25) is 10.1 Å². The van der Waals surface area contributed by atoms with E-state index in [9.17, 15) is 14.4 Å². The number of likely N-dealkylation sites (tertiary alicyclic amines) is 1. The van der Waals surface area contributed by atoms with Crippen LogP contribution in [0.4, 0.5) is 21.0 Å². The molecule has 3 fully saturated rings. The average Bonchev–Trinajstić information content (AvgIpc) is 3.01. The maximum atomic E-state index is 12.9. The van der Waals surface area contributed by atoms with Gasteiger partial charge in [-0.15, -0.1) is 0 Å². The van der Waals surface area contributed by atoms with E-state index in [0.29, 0.717) is 62.9 Å². The largest absolute Gasteiger partial charge is 0.378 e. The Balaban J connectivity index is 1.41. The van der Waals surface area contributed by atoms with Gasteiger partial charge in [0, 0.05) is 26.2 Å². The molecule has 3 saturated heterocycles. The summed E-state index contributed by atoms with van der Waals surface area (Å²) in [4.78, 5) is 40.5. The zero-order valence-corrected chi connectivity index (χ0v) is 17.6. The third-order valence-electron chi connectivity index (χ3n) is 6.23. The Labute approximate surface area is 180 Å². The number of hydrogen-bond acceptors (Lipinski definition) is 5. The maximum absolute atomic E-state index is 12.9. The van der Waals surface area contributed by atoms with Crippen molar-refractivity contribution in [1.82, 2.24) is 15.5 Å². The van der Waals surface area contributed by atoms with Gasteiger partial charge in [0.1, 0.15) is 5.54 Å². The molecule has 3 N–H and O–H groups in total. The van der Waals surface area contributed by atoms with Crippen molar-refractivity contribution in [3.63, 3.8) is 0 Å². The van der Waals surface area contributed by atoms with Crippen molar-refractivity contribution in [2.45, 2.75) is 25.3 Å². The van der Waals surface area contributed by atoms with E-state index >= 15 is 0 Å². The van der Waals surface area contributed by atoms with Crippen LogP contribution >= 0.6 is 11.6 Å². The smallest absolute Gasteiger partial charge is 0.322 e. The van der Waals surface area contributed by atoms with Crippen molar-refractivity contribution >= 4 is 40.9 Å². The van der Waals surface area contributed by atoms with Crippen LogP contribution in [0.3, 0.4) is 0 Å². The molecule has 9 nitrogen and oxygen atoms in total. The summed E-state index contributed by atoms with van der Waals surface area (Å²) in [6.07, 6.45) is 1.26. The second-order valence-corrected chi connectivity index (χ2v) is 8.44. The number of para-hydroxylation sites is 1. The molecule has 3 aliphatic rings. The van der Waals surface area contributed by atoms with Crippen LogP contribution in [0.2, 0.25) is 5.02 Å². The fourth-order valence-electron chi connectivity index (χ4n) is 4.42. The molecule has 0 aromatic heterocycles. The lowest BCUT2D eigenvalue weighted by molar-refractivity contribution is -0.125. The fraction of sp³-hybridized carbons (Fsp3) is 0.550. The van der Waals surface area contributed by atoms with Gasteiger partial charge in [-0.25, -0.2) is 9.59 Å². The lowest BCUT2D eigenvalue weighted by atomic mass is 9.79. The van der Waals surface area contributed by atoms with Gasteiger partial charge in [0.2, 0.25) is 0 Å². The summed E-state index contributed by atoms with van der Waals surface area (Å²) in [6.45, 7) is 5.42. The number of imide groups is 1. The number of ether oxygens (including phenoxy) is 1. The van der Waals surface area contributed by atoms with E-state index in [1.807, 2.05) is 18.2 Å². The first-order valence-electron chi connectivity index (χ1n) is 10.2. The quantitative estimate of drug-likeness (QED) is 0.630. The number of benzene rings is 1. The van der Waals surface area contributed by atoms with Crippen molar-refractivity contribution in [1.29, 1.82) is 0 Å². The van der Waals surface area contributed by atoms with Crippen LogP contribution in [-0.4, -0.2) is 67.8 Å². The summed E-state index contributed by atoms with van der Waals surface area (Å²) < 4.78 is 5.42. The van der Waals surface area contributed by atoms with Crippen LogP contribution in [0.15, 0.2) is 18.2 Å². The maximum Gasteiger partial charge on any atom is 0.322 e. The second-order valence-electron chi connectivity index (χ2n) is 8.04. The summed E-state index contributed by atoms with van der Waals surface area (Å²) in [7, 11) is 0. The Bertz CT molecular complexity index is 852. The van der Waals surface area contributed by atoms with E-state index in [2.05, 4.69) is 20.9 Å². The molecular formula is C20H26ClN5O4. The summed E-state index contributed by atoms with van der Waals surface area (Å²) in [5, 5.41) is 8.63. The average molecular weight is 436 g/mol. The predicted molar refractivity (Wildman–Crippen MR) is 113 cm³/mol. The van der Waals surface area contributed by atoms with E-state index in [1.165, 1.54) is 0 Å². The molecule has 0 radical (unpaired) electrons. The zero-order valence-electron chi connectivity index (χ0n) is 16.9. The van der Waals surface area contributed by atoms with Gasteiger partial charge in [0.25, 0.3) is 5.91 Å². The van der Waals surface area contributed by atoms with Crippen molar-refractivity contribution in [2.75, 3.05) is 49.6 Å². The van der Waals surface area contributed by atoms with E-state index in [-0.39, 0.29) is 17.9 Å². The number of urea groups is 2. The van der Waals surface area contributed by atoms with Crippen molar-refractivity contribution in [3.05, 3.63) is 23.2 Å². The number of nitrogens with one attached hydrogen (secondary N) is 3. The standard InChI is InChI=1S/C20H26ClN5O4/c1-20(17(27)23-18(28)24-20)13-5-7-26(8-6-13)19(29)22-15-4-2-3-14(21)16(15)25-9-11-30-12-10-25/h2-4,13H,5-12H2,1H3,(H,22,29)(H2,23,24,27,28)/t20-/m1/s1. The second kappa shape index (κ2) is 8.31. The van der Waals surface area contributed by atoms with E-state index in [1.54, 1.807) is 11.8 Å². The Hall–Kier alpha value is -2.52. The molecule has 3 heterocycles. The molecule has 0 unspecified atom stereocenters. The number of carbonyl (C=O) groups is 3. The minimum Gasteiger partial charge on any atom is -0.378 e. The number of anilines is 2. The third-order valence-corrected chi connectivity index (χ3v) is 6.53. The minimum atomic E-state index is -0.921. The van der Waals surface area contributed by atoms with Gasteiger partial charge in [0.15, 0.2) is 0 Å². The van der Waals surface area contributed by atoms with E-state index in [0.717, 1.165) is 5.69 Å². The highest BCUT2D eigenvalue weighted by Crippen LogP contribution is 2.35. The van der Waals surface area contributed by atoms with Crippen LogP contribution in [0.25, 0.3) is 0 Å². The molecule has 1 aromatic carbocycles.